The Morgan fingerprint density at radius 2 is 1.83 bits per heavy atom. The van der Waals surface area contributed by atoms with Gasteiger partial charge in [-0.2, -0.15) is 5.10 Å². The van der Waals surface area contributed by atoms with E-state index in [4.69, 9.17) is 0 Å². The summed E-state index contributed by atoms with van der Waals surface area (Å²) in [4.78, 5) is 21.6. The van der Waals surface area contributed by atoms with Crippen molar-refractivity contribution in [3.63, 3.8) is 0 Å². The van der Waals surface area contributed by atoms with Crippen LogP contribution in [0.25, 0.3) is 32.9 Å². The molecule has 0 radical (unpaired) electrons. The normalized spacial score (nSPS) is 11.4. The van der Waals surface area contributed by atoms with Gasteiger partial charge in [0.15, 0.2) is 5.78 Å². The van der Waals surface area contributed by atoms with Crippen molar-refractivity contribution in [2.24, 2.45) is 14.1 Å². The Morgan fingerprint density at radius 3 is 2.66 bits per heavy atom. The predicted molar refractivity (Wildman–Crippen MR) is 113 cm³/mol. The largest absolute Gasteiger partial charge is 0.334 e. The second kappa shape index (κ2) is 6.67. The Hall–Kier alpha value is -3.80. The van der Waals surface area contributed by atoms with E-state index in [-0.39, 0.29) is 12.2 Å². The molecular weight excluding hydrogens is 362 g/mol. The lowest BCUT2D eigenvalue weighted by atomic mass is 10.0. The molecule has 2 aromatic carbocycles. The lowest BCUT2D eigenvalue weighted by molar-refractivity contribution is 0.0992. The van der Waals surface area contributed by atoms with Gasteiger partial charge in [-0.15, -0.1) is 0 Å². The van der Waals surface area contributed by atoms with Crippen molar-refractivity contribution in [1.82, 2.24) is 24.3 Å². The summed E-state index contributed by atoms with van der Waals surface area (Å²) < 4.78 is 3.73. The summed E-state index contributed by atoms with van der Waals surface area (Å²) in [5, 5.41) is 6.34. The molecule has 3 heterocycles. The second-order valence-electron chi connectivity index (χ2n) is 7.30. The maximum atomic E-state index is 12.8. The highest BCUT2D eigenvalue weighted by Gasteiger charge is 2.11. The van der Waals surface area contributed by atoms with Crippen LogP contribution < -0.4 is 0 Å². The molecule has 5 aromatic rings. The topological polar surface area (TPSA) is 65.6 Å². The highest BCUT2D eigenvalue weighted by Crippen LogP contribution is 2.24. The zero-order chi connectivity index (χ0) is 20.0. The molecule has 0 unspecified atom stereocenters. The Bertz CT molecular complexity index is 1380. The molecule has 0 fully saturated rings. The third-order valence-electron chi connectivity index (χ3n) is 5.21. The number of imidazole rings is 1. The summed E-state index contributed by atoms with van der Waals surface area (Å²) in [5.41, 5.74) is 5.40. The first-order valence-electron chi connectivity index (χ1n) is 9.39. The molecule has 0 aliphatic heterocycles. The van der Waals surface area contributed by atoms with Crippen LogP contribution in [0.15, 0.2) is 67.4 Å². The molecule has 0 saturated carbocycles. The molecule has 142 valence electrons. The Labute approximate surface area is 167 Å². The van der Waals surface area contributed by atoms with E-state index in [1.165, 1.54) is 0 Å². The van der Waals surface area contributed by atoms with Crippen molar-refractivity contribution in [2.75, 3.05) is 0 Å². The van der Waals surface area contributed by atoms with E-state index in [1.807, 2.05) is 67.6 Å². The lowest BCUT2D eigenvalue weighted by Gasteiger charge is -2.05. The third kappa shape index (κ3) is 3.18. The van der Waals surface area contributed by atoms with Crippen LogP contribution in [-0.2, 0) is 20.5 Å². The van der Waals surface area contributed by atoms with Gasteiger partial charge in [-0.05, 0) is 41.3 Å². The smallest absolute Gasteiger partial charge is 0.168 e. The van der Waals surface area contributed by atoms with Crippen molar-refractivity contribution < 1.29 is 4.79 Å². The molecule has 0 atom stereocenters. The molecule has 5 rings (SSSR count). The Kier molecular flexibility index (Phi) is 3.98. The van der Waals surface area contributed by atoms with Gasteiger partial charge in [0, 0.05) is 48.7 Å². The van der Waals surface area contributed by atoms with E-state index < -0.39 is 0 Å². The summed E-state index contributed by atoms with van der Waals surface area (Å²) in [5.74, 6) is 0.0350. The van der Waals surface area contributed by atoms with Gasteiger partial charge in [-0.25, -0.2) is 4.98 Å². The molecule has 0 amide bonds. The number of carbonyl (C=O) groups excluding carboxylic acids is 1. The van der Waals surface area contributed by atoms with Gasteiger partial charge in [-0.1, -0.05) is 12.1 Å². The summed E-state index contributed by atoms with van der Waals surface area (Å²) in [6.45, 7) is 0. The van der Waals surface area contributed by atoms with Crippen LogP contribution in [0.2, 0.25) is 0 Å². The Balaban J connectivity index is 1.45. The number of ketones is 1. The molecule has 0 N–H and O–H groups in total. The van der Waals surface area contributed by atoms with E-state index in [2.05, 4.69) is 27.2 Å². The number of hydrogen-bond acceptors (Lipinski definition) is 4. The number of nitrogens with zero attached hydrogens (tertiary/aromatic N) is 5. The number of Topliss-reactive ketones (excluding diaryl/α,β-unsaturated/α-hetero) is 1. The number of rotatable bonds is 4. The summed E-state index contributed by atoms with van der Waals surface area (Å²) in [6, 6.07) is 13.9. The number of aryl methyl sites for hydroxylation is 2. The van der Waals surface area contributed by atoms with Crippen LogP contribution in [0.1, 0.15) is 16.1 Å². The van der Waals surface area contributed by atoms with E-state index in [9.17, 15) is 4.79 Å². The van der Waals surface area contributed by atoms with E-state index in [1.54, 1.807) is 11.0 Å². The molecule has 0 saturated heterocycles. The number of aromatic nitrogens is 5. The maximum Gasteiger partial charge on any atom is 0.168 e. The van der Waals surface area contributed by atoms with Gasteiger partial charge in [0.2, 0.25) is 0 Å². The molecule has 0 bridgehead atoms. The first-order valence-corrected chi connectivity index (χ1v) is 9.39. The van der Waals surface area contributed by atoms with Crippen molar-refractivity contribution in [2.45, 2.75) is 6.42 Å². The quantitative estimate of drug-likeness (QED) is 0.442. The second-order valence-corrected chi connectivity index (χ2v) is 7.30. The fraction of sp³-hybridized carbons (Fsp3) is 0.130. The van der Waals surface area contributed by atoms with Crippen LogP contribution in [0.5, 0.6) is 0 Å². The van der Waals surface area contributed by atoms with Gasteiger partial charge in [0.05, 0.1) is 30.0 Å². The minimum Gasteiger partial charge on any atom is -0.334 e. The minimum atomic E-state index is 0.0350. The SMILES string of the molecule is Cn1cc(-c2ccc3cnc(CC(=O)c4ccc5c(c4)ncn5C)cc3c2)cn1. The van der Waals surface area contributed by atoms with E-state index in [0.29, 0.717) is 5.56 Å². The summed E-state index contributed by atoms with van der Waals surface area (Å²) >= 11 is 0. The van der Waals surface area contributed by atoms with Gasteiger partial charge in [0.1, 0.15) is 0 Å². The maximum absolute atomic E-state index is 12.8. The van der Waals surface area contributed by atoms with Gasteiger partial charge in [0.25, 0.3) is 0 Å². The first-order chi connectivity index (χ1) is 14.1. The van der Waals surface area contributed by atoms with Gasteiger partial charge >= 0.3 is 0 Å². The lowest BCUT2D eigenvalue weighted by Crippen LogP contribution is -2.05. The molecule has 6 nitrogen and oxygen atoms in total. The fourth-order valence-electron chi connectivity index (χ4n) is 3.61. The third-order valence-corrected chi connectivity index (χ3v) is 5.21. The minimum absolute atomic E-state index is 0.0350. The molecule has 29 heavy (non-hydrogen) atoms. The van der Waals surface area contributed by atoms with Crippen molar-refractivity contribution in [1.29, 1.82) is 0 Å². The van der Waals surface area contributed by atoms with Crippen LogP contribution in [-0.4, -0.2) is 30.1 Å². The standard InChI is InChI=1S/C23H19N5O/c1-27-14-25-21-9-16(5-6-22(21)27)23(29)10-20-8-18-7-15(3-4-17(18)11-24-20)19-12-26-28(2)13-19/h3-9,11-14H,10H2,1-2H3. The van der Waals surface area contributed by atoms with Crippen molar-refractivity contribution in [3.8, 4) is 11.1 Å². The molecule has 3 aromatic heterocycles. The highest BCUT2D eigenvalue weighted by molar-refractivity contribution is 6.00. The van der Waals surface area contributed by atoms with Gasteiger partial charge in [-0.3, -0.25) is 14.5 Å². The predicted octanol–water partition coefficient (Wildman–Crippen LogP) is 3.95. The number of pyridine rings is 1. The highest BCUT2D eigenvalue weighted by atomic mass is 16.1. The van der Waals surface area contributed by atoms with E-state index in [0.717, 1.165) is 38.6 Å². The van der Waals surface area contributed by atoms with Gasteiger partial charge < -0.3 is 4.57 Å². The van der Waals surface area contributed by atoms with Crippen LogP contribution in [0, 0.1) is 0 Å². The molecule has 0 aliphatic carbocycles. The number of hydrogen-bond donors (Lipinski definition) is 0. The fourth-order valence-corrected chi connectivity index (χ4v) is 3.61. The first kappa shape index (κ1) is 17.3. The van der Waals surface area contributed by atoms with Crippen molar-refractivity contribution >= 4 is 27.6 Å². The molecule has 0 aliphatic rings. The zero-order valence-electron chi connectivity index (χ0n) is 16.2. The van der Waals surface area contributed by atoms with E-state index >= 15 is 0 Å². The summed E-state index contributed by atoms with van der Waals surface area (Å²) in [7, 11) is 3.84. The number of fused-ring (bicyclic) bond motifs is 2. The Morgan fingerprint density at radius 1 is 0.931 bits per heavy atom. The average molecular weight is 381 g/mol. The monoisotopic (exact) mass is 381 g/mol. The number of benzene rings is 2. The summed E-state index contributed by atoms with van der Waals surface area (Å²) in [6.07, 6.45) is 7.67. The molecule has 6 heteroatoms. The molecule has 0 spiro atoms. The number of carbonyl (C=O) groups is 1. The van der Waals surface area contributed by atoms with Crippen LogP contribution in [0.3, 0.4) is 0 Å². The van der Waals surface area contributed by atoms with Crippen LogP contribution in [0.4, 0.5) is 0 Å². The van der Waals surface area contributed by atoms with Crippen LogP contribution >= 0.6 is 0 Å². The van der Waals surface area contributed by atoms with Crippen molar-refractivity contribution in [3.05, 3.63) is 78.6 Å². The zero-order valence-corrected chi connectivity index (χ0v) is 16.2. The average Bonchev–Trinajstić information content (AvgIpc) is 3.33. The molecular formula is C23H19N5O.